The Morgan fingerprint density at radius 1 is 1.16 bits per heavy atom. The Morgan fingerprint density at radius 3 is 2.53 bits per heavy atom. The molecule has 99 valence electrons. The second-order valence-electron chi connectivity index (χ2n) is 4.77. The standard InChI is InChI=1S/C16H17IN2/c1-10-8-11(2)16(14(17)9-10)19-13(4)15-7-5-6-12(3)18-15/h5-9H,1-4H3/q-1. The van der Waals surface area contributed by atoms with Crippen molar-refractivity contribution in [3.8, 4) is 0 Å². The number of aryl methyl sites for hydroxylation is 3. The first-order valence-corrected chi connectivity index (χ1v) is 7.31. The van der Waals surface area contributed by atoms with Crippen molar-refractivity contribution in [1.29, 1.82) is 0 Å². The number of hydrogen-bond donors (Lipinski definition) is 0. The first kappa shape index (κ1) is 14.2. The van der Waals surface area contributed by atoms with Crippen molar-refractivity contribution in [3.05, 3.63) is 56.4 Å². The van der Waals surface area contributed by atoms with Gasteiger partial charge in [0.2, 0.25) is 0 Å². The molecule has 0 aliphatic rings. The highest BCUT2D eigenvalue weighted by Crippen LogP contribution is 2.20. The average molecular weight is 364 g/mol. The highest BCUT2D eigenvalue weighted by Gasteiger charge is 2.02. The van der Waals surface area contributed by atoms with E-state index in [1.54, 1.807) is 0 Å². The zero-order chi connectivity index (χ0) is 14.0. The van der Waals surface area contributed by atoms with Crippen LogP contribution in [0.5, 0.6) is 0 Å². The van der Waals surface area contributed by atoms with Crippen LogP contribution in [0.15, 0.2) is 35.3 Å². The van der Waals surface area contributed by atoms with Crippen molar-refractivity contribution in [2.24, 2.45) is 4.99 Å². The summed E-state index contributed by atoms with van der Waals surface area (Å²) in [5.74, 6) is 0. The van der Waals surface area contributed by atoms with Crippen LogP contribution in [-0.4, -0.2) is 10.7 Å². The third kappa shape index (κ3) is 3.41. The Morgan fingerprint density at radius 2 is 1.89 bits per heavy atom. The van der Waals surface area contributed by atoms with Crippen LogP contribution < -0.4 is 22.6 Å². The van der Waals surface area contributed by atoms with Crippen LogP contribution in [0.2, 0.25) is 0 Å². The predicted molar refractivity (Wildman–Crippen MR) is 75.5 cm³/mol. The lowest BCUT2D eigenvalue weighted by Gasteiger charge is -2.15. The maximum Gasteiger partial charge on any atom is 0.0844 e. The first-order valence-electron chi connectivity index (χ1n) is 6.23. The molecule has 1 radical (unpaired) electrons. The molecule has 19 heavy (non-hydrogen) atoms. The largest absolute Gasteiger partial charge is 0.756 e. The van der Waals surface area contributed by atoms with E-state index in [-0.39, 0.29) is 0 Å². The van der Waals surface area contributed by atoms with Gasteiger partial charge in [-0.2, -0.15) is 3.57 Å². The Hall–Kier alpha value is -1.23. The summed E-state index contributed by atoms with van der Waals surface area (Å²) in [5, 5.41) is 0. The average Bonchev–Trinajstić information content (AvgIpc) is 2.33. The Labute approximate surface area is 128 Å². The molecule has 1 aromatic carbocycles. The topological polar surface area (TPSA) is 25.2 Å². The van der Waals surface area contributed by atoms with Gasteiger partial charge in [0.05, 0.1) is 11.4 Å². The number of aliphatic imine (C=N–C) groups is 1. The molecule has 0 aliphatic carbocycles. The number of nitrogens with zero attached hydrogens (tertiary/aromatic N) is 2. The van der Waals surface area contributed by atoms with Gasteiger partial charge in [-0.05, 0) is 45.4 Å². The number of hydrogen-bond acceptors (Lipinski definition) is 2. The maximum atomic E-state index is 4.76. The van der Waals surface area contributed by atoms with Gasteiger partial charge in [0.25, 0.3) is 0 Å². The molecule has 0 aliphatic heterocycles. The molecule has 2 rings (SSSR count). The minimum absolute atomic E-state index is 0.941. The number of halogens is 1. The molecule has 2 nitrogen and oxygen atoms in total. The first-order chi connectivity index (χ1) is 8.97. The second kappa shape index (κ2) is 5.82. The summed E-state index contributed by atoms with van der Waals surface area (Å²) in [4.78, 5) is 9.27. The lowest BCUT2D eigenvalue weighted by atomic mass is 10.1. The van der Waals surface area contributed by atoms with E-state index in [9.17, 15) is 0 Å². The van der Waals surface area contributed by atoms with E-state index in [2.05, 4.69) is 53.6 Å². The Balaban J connectivity index is 2.47. The molecule has 0 N–H and O–H groups in total. The lowest BCUT2D eigenvalue weighted by molar-refractivity contribution is -0.326. The molecule has 2 aromatic rings. The van der Waals surface area contributed by atoms with Crippen LogP contribution in [0.4, 0.5) is 5.69 Å². The number of aromatic nitrogens is 1. The van der Waals surface area contributed by atoms with E-state index >= 15 is 0 Å². The van der Waals surface area contributed by atoms with Gasteiger partial charge in [0.1, 0.15) is 0 Å². The van der Waals surface area contributed by atoms with Crippen molar-refractivity contribution in [1.82, 2.24) is 4.98 Å². The van der Waals surface area contributed by atoms with E-state index in [4.69, 9.17) is 4.99 Å². The quantitative estimate of drug-likeness (QED) is 0.574. The van der Waals surface area contributed by atoms with Gasteiger partial charge >= 0.3 is 0 Å². The molecule has 0 bridgehead atoms. The summed E-state index contributed by atoms with van der Waals surface area (Å²) in [6, 6.07) is 10.3. The number of benzene rings is 1. The molecule has 1 aromatic heterocycles. The summed E-state index contributed by atoms with van der Waals surface area (Å²) in [7, 11) is 0. The number of rotatable bonds is 2. The molecule has 0 atom stereocenters. The molecule has 0 saturated heterocycles. The van der Waals surface area contributed by atoms with Gasteiger partial charge < -0.3 is 22.6 Å². The van der Waals surface area contributed by atoms with Crippen molar-refractivity contribution in [3.63, 3.8) is 0 Å². The fraction of sp³-hybridized carbons (Fsp3) is 0.250. The molecular weight excluding hydrogens is 347 g/mol. The smallest absolute Gasteiger partial charge is 0.0844 e. The minimum Gasteiger partial charge on any atom is -0.756 e. The molecule has 0 amide bonds. The molecular formula is C16H17IN2-. The van der Waals surface area contributed by atoms with Crippen molar-refractivity contribution in [2.75, 3.05) is 0 Å². The highest BCUT2D eigenvalue weighted by molar-refractivity contribution is 5.98. The fourth-order valence-electron chi connectivity index (χ4n) is 2.02. The lowest BCUT2D eigenvalue weighted by Crippen LogP contribution is -3.34. The van der Waals surface area contributed by atoms with Crippen LogP contribution in [-0.2, 0) is 0 Å². The summed E-state index contributed by atoms with van der Waals surface area (Å²) < 4.78 is 1.18. The molecule has 1 heterocycles. The minimum atomic E-state index is 0.941. The van der Waals surface area contributed by atoms with Gasteiger partial charge in [0.15, 0.2) is 0 Å². The third-order valence-electron chi connectivity index (χ3n) is 2.94. The summed E-state index contributed by atoms with van der Waals surface area (Å²) in [6.45, 7) is 8.22. The molecule has 0 fully saturated rings. The SMILES string of the molecule is CC(=Nc1c(C)cc(C)cc1[I-])c1cccc(C)n1. The van der Waals surface area contributed by atoms with Gasteiger partial charge in [-0.25, -0.2) is 0 Å². The second-order valence-corrected chi connectivity index (χ2v) is 5.94. The monoisotopic (exact) mass is 364 g/mol. The van der Waals surface area contributed by atoms with Gasteiger partial charge in [-0.3, -0.25) is 9.98 Å². The van der Waals surface area contributed by atoms with Gasteiger partial charge in [-0.15, -0.1) is 0 Å². The molecule has 0 spiro atoms. The van der Waals surface area contributed by atoms with Crippen LogP contribution in [0.1, 0.15) is 29.4 Å². The molecule has 0 saturated carbocycles. The van der Waals surface area contributed by atoms with Gasteiger partial charge in [-0.1, -0.05) is 23.8 Å². The molecule has 3 heteroatoms. The summed E-state index contributed by atoms with van der Waals surface area (Å²) in [5.41, 5.74) is 6.43. The van der Waals surface area contributed by atoms with E-state index in [1.807, 2.05) is 32.0 Å². The fourth-order valence-corrected chi connectivity index (χ4v) is 3.06. The third-order valence-corrected chi connectivity index (χ3v) is 3.76. The van der Waals surface area contributed by atoms with E-state index < -0.39 is 0 Å². The van der Waals surface area contributed by atoms with Crippen LogP contribution in [0, 0.1) is 24.3 Å². The predicted octanol–water partition coefficient (Wildman–Crippen LogP) is 0.870. The van der Waals surface area contributed by atoms with Crippen molar-refractivity contribution < 1.29 is 22.6 Å². The Kier molecular flexibility index (Phi) is 4.34. The van der Waals surface area contributed by atoms with E-state index in [1.165, 1.54) is 14.7 Å². The van der Waals surface area contributed by atoms with E-state index in [0.29, 0.717) is 0 Å². The number of pyridine rings is 1. The summed E-state index contributed by atoms with van der Waals surface area (Å²) >= 11 is 2.34. The van der Waals surface area contributed by atoms with Crippen LogP contribution in [0.3, 0.4) is 0 Å². The highest BCUT2D eigenvalue weighted by atomic mass is 127. The van der Waals surface area contributed by atoms with Crippen molar-refractivity contribution >= 4 is 11.4 Å². The molecule has 0 unspecified atom stereocenters. The summed E-state index contributed by atoms with van der Waals surface area (Å²) in [6.07, 6.45) is 0. The van der Waals surface area contributed by atoms with E-state index in [0.717, 1.165) is 22.8 Å². The zero-order valence-corrected chi connectivity index (χ0v) is 13.8. The van der Waals surface area contributed by atoms with Crippen LogP contribution >= 0.6 is 0 Å². The van der Waals surface area contributed by atoms with Crippen LogP contribution in [0.25, 0.3) is 0 Å². The zero-order valence-electron chi connectivity index (χ0n) is 11.7. The Bertz CT molecular complexity index is 622. The van der Waals surface area contributed by atoms with Gasteiger partial charge in [0, 0.05) is 11.4 Å². The maximum absolute atomic E-state index is 4.76. The normalized spacial score (nSPS) is 11.7. The van der Waals surface area contributed by atoms with Crippen molar-refractivity contribution in [2.45, 2.75) is 27.7 Å².